The van der Waals surface area contributed by atoms with E-state index in [4.69, 9.17) is 19.7 Å². The van der Waals surface area contributed by atoms with E-state index in [0.29, 0.717) is 11.7 Å². The van der Waals surface area contributed by atoms with Gasteiger partial charge < -0.3 is 19.3 Å². The van der Waals surface area contributed by atoms with E-state index >= 15 is 0 Å². The number of fused-ring (bicyclic) bond motifs is 11. The van der Waals surface area contributed by atoms with Crippen molar-refractivity contribution >= 4 is 87.7 Å². The Labute approximate surface area is 356 Å². The van der Waals surface area contributed by atoms with Crippen LogP contribution in [0.15, 0.2) is 221 Å². The predicted molar refractivity (Wildman–Crippen MR) is 258 cm³/mol. The summed E-state index contributed by atoms with van der Waals surface area (Å²) in [6.07, 6.45) is -0.452. The number of amidine groups is 2. The zero-order chi connectivity index (χ0) is 40.7. The van der Waals surface area contributed by atoms with E-state index in [1.54, 1.807) is 0 Å². The van der Waals surface area contributed by atoms with Gasteiger partial charge in [-0.15, -0.1) is 0 Å². The molecule has 0 spiro atoms. The summed E-state index contributed by atoms with van der Waals surface area (Å²) < 4.78 is 9.22. The molecule has 0 fully saturated rings. The Bertz CT molecular complexity index is 3840. The highest BCUT2D eigenvalue weighted by Gasteiger charge is 2.21. The molecule has 3 heterocycles. The molecule has 1 unspecified atom stereocenters. The molecule has 0 bridgehead atoms. The molecule has 5 heteroatoms. The summed E-state index contributed by atoms with van der Waals surface area (Å²) in [6, 6.07) is 73.0. The van der Waals surface area contributed by atoms with Crippen molar-refractivity contribution in [2.75, 3.05) is 0 Å². The minimum Gasteiger partial charge on any atom is -0.456 e. The lowest BCUT2D eigenvalue weighted by molar-refractivity contribution is 0.669. The van der Waals surface area contributed by atoms with Gasteiger partial charge in [-0.2, -0.15) is 0 Å². The van der Waals surface area contributed by atoms with Crippen molar-refractivity contribution in [3.05, 3.63) is 228 Å². The van der Waals surface area contributed by atoms with Crippen LogP contribution in [0.3, 0.4) is 0 Å². The van der Waals surface area contributed by atoms with Gasteiger partial charge in [0.2, 0.25) is 0 Å². The summed E-state index contributed by atoms with van der Waals surface area (Å²) >= 11 is 0. The van der Waals surface area contributed by atoms with Gasteiger partial charge in [0.05, 0.1) is 28.7 Å². The number of hydrogen-bond donors (Lipinski definition) is 0. The van der Waals surface area contributed by atoms with Crippen molar-refractivity contribution < 1.29 is 4.42 Å². The van der Waals surface area contributed by atoms with Crippen molar-refractivity contribution in [2.45, 2.75) is 6.17 Å². The highest BCUT2D eigenvalue weighted by atomic mass is 16.3. The smallest absolute Gasteiger partial charge is 0.136 e. The maximum Gasteiger partial charge on any atom is 0.136 e. The average Bonchev–Trinajstić information content (AvgIpc) is 3.89. The molecule has 2 aromatic heterocycles. The Morgan fingerprint density at radius 3 is 2.00 bits per heavy atom. The molecule has 0 aliphatic carbocycles. The zero-order valence-electron chi connectivity index (χ0n) is 33.4. The number of benzene rings is 10. The van der Waals surface area contributed by atoms with Gasteiger partial charge in [-0.3, -0.25) is 4.99 Å². The molecule has 62 heavy (non-hydrogen) atoms. The highest BCUT2D eigenvalue weighted by Crippen LogP contribution is 2.43. The second kappa shape index (κ2) is 13.6. The molecule has 0 saturated carbocycles. The van der Waals surface area contributed by atoms with Crippen molar-refractivity contribution in [3.8, 4) is 16.8 Å². The van der Waals surface area contributed by atoms with Crippen LogP contribution >= 0.6 is 0 Å². The van der Waals surface area contributed by atoms with Crippen LogP contribution in [0, 0.1) is 0 Å². The lowest BCUT2D eigenvalue weighted by Crippen LogP contribution is -2.16. The van der Waals surface area contributed by atoms with E-state index in [0.717, 1.165) is 66.2 Å². The van der Waals surface area contributed by atoms with Gasteiger partial charge in [0.25, 0.3) is 0 Å². The van der Waals surface area contributed by atoms with Crippen LogP contribution in [0.1, 0.15) is 22.9 Å². The molecule has 13 rings (SSSR count). The number of aromatic nitrogens is 1. The van der Waals surface area contributed by atoms with E-state index in [1.165, 1.54) is 43.4 Å². The van der Waals surface area contributed by atoms with E-state index in [1.807, 2.05) is 30.3 Å². The summed E-state index contributed by atoms with van der Waals surface area (Å²) in [5.41, 5.74) is 10.2. The van der Waals surface area contributed by atoms with E-state index in [9.17, 15) is 0 Å². The first-order chi connectivity index (χ1) is 30.7. The number of furan rings is 1. The largest absolute Gasteiger partial charge is 0.456 e. The van der Waals surface area contributed by atoms with Crippen LogP contribution in [-0.2, 0) is 0 Å². The molecule has 10 aromatic carbocycles. The van der Waals surface area contributed by atoms with Crippen LogP contribution in [0.4, 0.5) is 0 Å². The molecule has 0 N–H and O–H groups in total. The van der Waals surface area contributed by atoms with Crippen molar-refractivity contribution in [1.29, 1.82) is 0 Å². The molecule has 0 amide bonds. The van der Waals surface area contributed by atoms with E-state index in [2.05, 4.69) is 180 Å². The van der Waals surface area contributed by atoms with Crippen LogP contribution in [0.2, 0.25) is 0 Å². The van der Waals surface area contributed by atoms with Gasteiger partial charge in [-0.05, 0) is 86.3 Å². The van der Waals surface area contributed by atoms with E-state index in [-0.39, 0.29) is 0 Å². The topological polar surface area (TPSA) is 56.9 Å². The minimum absolute atomic E-state index is 0.452. The first kappa shape index (κ1) is 34.6. The predicted octanol–water partition coefficient (Wildman–Crippen LogP) is 15.1. The summed E-state index contributed by atoms with van der Waals surface area (Å²) in [4.78, 5) is 10.3. The SMILES string of the molecule is c1ccc(-c2ccccc2C2=NC(c3ccccc3)[N-]C(c3ccc4c(c3)oc3ccc5c(-n6c7cc8ccccc8cc7c7ccc8ccccc8c76)cccc5c34)=N2)cc1. The zero-order valence-corrected chi connectivity index (χ0v) is 33.4. The Hall–Kier alpha value is -8.28. The van der Waals surface area contributed by atoms with Crippen LogP contribution in [0.25, 0.3) is 98.2 Å². The fourth-order valence-corrected chi connectivity index (χ4v) is 9.67. The second-order valence-corrected chi connectivity index (χ2v) is 16.1. The third-order valence-electron chi connectivity index (χ3n) is 12.5. The van der Waals surface area contributed by atoms with Gasteiger partial charge in [0.15, 0.2) is 0 Å². The maximum absolute atomic E-state index is 6.74. The normalized spacial score (nSPS) is 14.3. The summed E-state index contributed by atoms with van der Waals surface area (Å²) in [5, 5.41) is 17.0. The molecular weight excluding hydrogens is 757 g/mol. The number of aliphatic imine (C=N–C) groups is 2. The number of nitrogens with zero attached hydrogens (tertiary/aromatic N) is 4. The first-order valence-electron chi connectivity index (χ1n) is 21.0. The fraction of sp³-hybridized carbons (Fsp3) is 0.0175. The van der Waals surface area contributed by atoms with Crippen LogP contribution < -0.4 is 0 Å². The monoisotopic (exact) mass is 791 g/mol. The molecular formula is C57H35N4O-. The second-order valence-electron chi connectivity index (χ2n) is 16.1. The Kier molecular flexibility index (Phi) is 7.60. The third kappa shape index (κ3) is 5.35. The number of hydrogen-bond acceptors (Lipinski definition) is 3. The first-order valence-corrected chi connectivity index (χ1v) is 21.0. The van der Waals surface area contributed by atoms with Gasteiger partial charge in [-0.25, -0.2) is 0 Å². The van der Waals surface area contributed by atoms with Gasteiger partial charge in [0, 0.05) is 37.9 Å². The lowest BCUT2D eigenvalue weighted by Gasteiger charge is -2.33. The highest BCUT2D eigenvalue weighted by molar-refractivity contribution is 6.25. The molecule has 1 atom stereocenters. The maximum atomic E-state index is 6.74. The van der Waals surface area contributed by atoms with Crippen molar-refractivity contribution in [3.63, 3.8) is 0 Å². The van der Waals surface area contributed by atoms with Gasteiger partial charge >= 0.3 is 0 Å². The lowest BCUT2D eigenvalue weighted by atomic mass is 9.98. The molecule has 5 nitrogen and oxygen atoms in total. The molecule has 1 aliphatic rings. The van der Waals surface area contributed by atoms with Crippen molar-refractivity contribution in [2.24, 2.45) is 9.98 Å². The summed E-state index contributed by atoms with van der Waals surface area (Å²) in [7, 11) is 0. The molecule has 290 valence electrons. The minimum atomic E-state index is -0.452. The number of rotatable bonds is 5. The van der Waals surface area contributed by atoms with Gasteiger partial charge in [-0.1, -0.05) is 170 Å². The van der Waals surface area contributed by atoms with E-state index < -0.39 is 6.17 Å². The van der Waals surface area contributed by atoms with Crippen LogP contribution in [0.5, 0.6) is 0 Å². The summed E-state index contributed by atoms with van der Waals surface area (Å²) in [5.74, 6) is 1.27. The summed E-state index contributed by atoms with van der Waals surface area (Å²) in [6.45, 7) is 0. The van der Waals surface area contributed by atoms with Crippen molar-refractivity contribution in [1.82, 2.24) is 4.57 Å². The molecule has 12 aromatic rings. The molecule has 1 aliphatic heterocycles. The average molecular weight is 792 g/mol. The standard InChI is InChI=1S/C57H35N4O/c1-3-14-35(15-4-1)41-21-11-12-23-46(41)57-59-55(37-17-5-2-6-18-37)58-56(60-57)40-27-29-47-52(34-40)62-51-31-30-43-44(53(47)51)24-13-25-49(43)61-50-33-39-20-8-7-19-38(39)32-48(50)45-28-26-36-16-9-10-22-42(36)54(45)61/h1-34,55H/q-1. The fourth-order valence-electron chi connectivity index (χ4n) is 9.67. The molecule has 0 radical (unpaired) electrons. The Balaban J connectivity index is 0.988. The Morgan fingerprint density at radius 2 is 1.15 bits per heavy atom. The van der Waals surface area contributed by atoms with Crippen LogP contribution in [-0.4, -0.2) is 16.2 Å². The quantitative estimate of drug-likeness (QED) is 0.171. The Morgan fingerprint density at radius 1 is 0.452 bits per heavy atom. The van der Waals surface area contributed by atoms with Gasteiger partial charge in [0.1, 0.15) is 11.2 Å². The molecule has 0 saturated heterocycles. The third-order valence-corrected chi connectivity index (χ3v) is 12.5.